The average Bonchev–Trinajstić information content (AvgIpc) is 2.66. The van der Waals surface area contributed by atoms with Crippen LogP contribution in [0.15, 0.2) is 48.5 Å². The molecule has 1 fully saturated rings. The van der Waals surface area contributed by atoms with Gasteiger partial charge in [-0.25, -0.2) is 4.79 Å². The van der Waals surface area contributed by atoms with E-state index in [-0.39, 0.29) is 17.7 Å². The highest BCUT2D eigenvalue weighted by molar-refractivity contribution is 6.30. The Morgan fingerprint density at radius 3 is 2.39 bits per heavy atom. The van der Waals surface area contributed by atoms with Crippen molar-refractivity contribution < 1.29 is 14.7 Å². The number of halogens is 2. The van der Waals surface area contributed by atoms with Crippen LogP contribution >= 0.6 is 23.2 Å². The highest BCUT2D eigenvalue weighted by Crippen LogP contribution is 2.46. The highest BCUT2D eigenvalue weighted by atomic mass is 35.5. The van der Waals surface area contributed by atoms with Crippen LogP contribution in [0.1, 0.15) is 49.8 Å². The quantitative estimate of drug-likeness (QED) is 0.690. The Labute approximate surface area is 175 Å². The minimum atomic E-state index is -0.992. The summed E-state index contributed by atoms with van der Waals surface area (Å²) >= 11 is 12.3. The van der Waals surface area contributed by atoms with Gasteiger partial charge in [0.25, 0.3) is 0 Å². The van der Waals surface area contributed by atoms with Crippen molar-refractivity contribution in [1.82, 2.24) is 4.90 Å². The molecule has 1 heterocycles. The Balaban J connectivity index is 2.17. The molecule has 6 heteroatoms. The summed E-state index contributed by atoms with van der Waals surface area (Å²) in [6, 6.07) is 13.6. The Morgan fingerprint density at radius 1 is 1.14 bits per heavy atom. The maximum atomic E-state index is 13.1. The van der Waals surface area contributed by atoms with E-state index >= 15 is 0 Å². The van der Waals surface area contributed by atoms with Crippen molar-refractivity contribution in [2.75, 3.05) is 0 Å². The molecular weight excluding hydrogens is 397 g/mol. The number of carboxylic acid groups (broad SMARTS) is 1. The second kappa shape index (κ2) is 8.54. The van der Waals surface area contributed by atoms with Crippen molar-refractivity contribution in [1.29, 1.82) is 0 Å². The third-order valence-corrected chi connectivity index (χ3v) is 5.95. The van der Waals surface area contributed by atoms with Gasteiger partial charge in [-0.2, -0.15) is 0 Å². The first-order chi connectivity index (χ1) is 13.3. The third-order valence-electron chi connectivity index (χ3n) is 5.46. The van der Waals surface area contributed by atoms with Gasteiger partial charge in [0.1, 0.15) is 6.04 Å². The normalized spacial score (nSPS) is 23.5. The number of carbonyl (C=O) groups is 2. The molecule has 28 heavy (non-hydrogen) atoms. The van der Waals surface area contributed by atoms with Gasteiger partial charge in [0.2, 0.25) is 5.91 Å². The van der Waals surface area contributed by atoms with Crippen LogP contribution in [-0.2, 0) is 9.59 Å². The zero-order valence-corrected chi connectivity index (χ0v) is 17.3. The van der Waals surface area contributed by atoms with Gasteiger partial charge in [-0.15, -0.1) is 0 Å². The first-order valence-corrected chi connectivity index (χ1v) is 10.1. The minimum Gasteiger partial charge on any atom is -0.480 e. The van der Waals surface area contributed by atoms with Crippen molar-refractivity contribution in [3.63, 3.8) is 0 Å². The number of rotatable bonds is 5. The number of nitrogens with zero attached hydrogens (tertiary/aromatic N) is 1. The van der Waals surface area contributed by atoms with Crippen LogP contribution < -0.4 is 0 Å². The van der Waals surface area contributed by atoms with Gasteiger partial charge in [0.15, 0.2) is 0 Å². The first kappa shape index (κ1) is 20.7. The Hall–Kier alpha value is -2.04. The molecule has 0 aromatic heterocycles. The topological polar surface area (TPSA) is 57.6 Å². The lowest BCUT2D eigenvalue weighted by molar-refractivity contribution is -0.158. The predicted molar refractivity (Wildman–Crippen MR) is 111 cm³/mol. The molecule has 2 aromatic carbocycles. The van der Waals surface area contributed by atoms with Crippen molar-refractivity contribution in [2.24, 2.45) is 5.92 Å². The van der Waals surface area contributed by atoms with Crippen LogP contribution in [0.3, 0.4) is 0 Å². The van der Waals surface area contributed by atoms with Crippen LogP contribution in [0.2, 0.25) is 10.0 Å². The molecule has 0 bridgehead atoms. The minimum absolute atomic E-state index is 0.0685. The number of carbonyl (C=O) groups excluding carboxylic acids is 1. The van der Waals surface area contributed by atoms with Crippen LogP contribution in [0.25, 0.3) is 0 Å². The number of aliphatic carboxylic acids is 1. The molecule has 1 aliphatic heterocycles. The first-order valence-electron chi connectivity index (χ1n) is 9.39. The van der Waals surface area contributed by atoms with E-state index < -0.39 is 18.1 Å². The third kappa shape index (κ3) is 4.03. The van der Waals surface area contributed by atoms with Crippen LogP contribution in [0.5, 0.6) is 0 Å². The summed E-state index contributed by atoms with van der Waals surface area (Å²) in [5.74, 6) is -1.47. The van der Waals surface area contributed by atoms with Gasteiger partial charge in [-0.1, -0.05) is 61.3 Å². The second-order valence-corrected chi connectivity index (χ2v) is 8.18. The van der Waals surface area contributed by atoms with E-state index in [9.17, 15) is 14.7 Å². The van der Waals surface area contributed by atoms with Crippen LogP contribution in [-0.4, -0.2) is 27.9 Å². The van der Waals surface area contributed by atoms with Crippen LogP contribution in [0, 0.1) is 5.92 Å². The fourth-order valence-corrected chi connectivity index (χ4v) is 4.47. The maximum absolute atomic E-state index is 13.1. The predicted octanol–water partition coefficient (Wildman–Crippen LogP) is 5.55. The monoisotopic (exact) mass is 419 g/mol. The van der Waals surface area contributed by atoms with Crippen molar-refractivity contribution in [3.05, 3.63) is 69.7 Å². The van der Waals surface area contributed by atoms with E-state index in [4.69, 9.17) is 23.2 Å². The SMILES string of the molecule is CC[C@@H](C(=O)O)N1C(=O)C(C)C[C@H](c2cccc(Cl)c2)[C@H]1c1ccc(Cl)cc1. The summed E-state index contributed by atoms with van der Waals surface area (Å²) in [4.78, 5) is 26.7. The maximum Gasteiger partial charge on any atom is 0.326 e. The number of benzene rings is 2. The summed E-state index contributed by atoms with van der Waals surface area (Å²) in [7, 11) is 0. The molecule has 0 aliphatic carbocycles. The number of hydrogen-bond donors (Lipinski definition) is 1. The molecule has 3 rings (SSSR count). The van der Waals surface area contributed by atoms with Gasteiger partial charge in [-0.05, 0) is 48.2 Å². The molecule has 4 atom stereocenters. The van der Waals surface area contributed by atoms with E-state index in [1.807, 2.05) is 43.3 Å². The molecular formula is C22H23Cl2NO3. The lowest BCUT2D eigenvalue weighted by atomic mass is 9.75. The molecule has 2 aromatic rings. The average molecular weight is 420 g/mol. The Morgan fingerprint density at radius 2 is 1.82 bits per heavy atom. The van der Waals surface area contributed by atoms with Gasteiger partial charge in [-0.3, -0.25) is 4.79 Å². The van der Waals surface area contributed by atoms with Gasteiger partial charge < -0.3 is 10.0 Å². The molecule has 0 radical (unpaired) electrons. The largest absolute Gasteiger partial charge is 0.480 e. The number of amides is 1. The van der Waals surface area contributed by atoms with Crippen molar-refractivity contribution in [3.8, 4) is 0 Å². The van der Waals surface area contributed by atoms with E-state index in [0.717, 1.165) is 11.1 Å². The van der Waals surface area contributed by atoms with Gasteiger partial charge in [0.05, 0.1) is 6.04 Å². The summed E-state index contributed by atoms with van der Waals surface area (Å²) in [6.45, 7) is 3.65. The molecule has 1 amide bonds. The fourth-order valence-electron chi connectivity index (χ4n) is 4.14. The summed E-state index contributed by atoms with van der Waals surface area (Å²) in [5.41, 5.74) is 1.87. The van der Waals surface area contributed by atoms with E-state index in [1.54, 1.807) is 24.0 Å². The lowest BCUT2D eigenvalue weighted by Crippen LogP contribution is -2.53. The molecule has 1 aliphatic rings. The summed E-state index contributed by atoms with van der Waals surface area (Å²) < 4.78 is 0. The van der Waals surface area contributed by atoms with E-state index in [2.05, 4.69) is 0 Å². The standard InChI is InChI=1S/C22H23Cl2NO3/c1-3-19(22(27)28)25-20(14-7-9-16(23)10-8-14)18(11-13(2)21(25)26)15-5-4-6-17(24)12-15/h4-10,12-13,18-20H,3,11H2,1-2H3,(H,27,28)/t13?,18-,19+,20-/m1/s1. The van der Waals surface area contributed by atoms with Crippen LogP contribution in [0.4, 0.5) is 0 Å². The summed E-state index contributed by atoms with van der Waals surface area (Å²) in [6.07, 6.45) is 0.958. The molecule has 1 N–H and O–H groups in total. The molecule has 0 saturated carbocycles. The zero-order valence-electron chi connectivity index (χ0n) is 15.8. The fraction of sp³-hybridized carbons (Fsp3) is 0.364. The molecule has 4 nitrogen and oxygen atoms in total. The highest BCUT2D eigenvalue weighted by Gasteiger charge is 2.45. The molecule has 1 unspecified atom stereocenters. The number of hydrogen-bond acceptors (Lipinski definition) is 2. The molecule has 0 spiro atoms. The Kier molecular flexibility index (Phi) is 6.31. The Bertz CT molecular complexity index is 868. The number of likely N-dealkylation sites (tertiary alicyclic amines) is 1. The smallest absolute Gasteiger partial charge is 0.326 e. The summed E-state index contributed by atoms with van der Waals surface area (Å²) in [5, 5.41) is 11.0. The van der Waals surface area contributed by atoms with E-state index in [1.165, 1.54) is 0 Å². The lowest BCUT2D eigenvalue weighted by Gasteiger charge is -2.46. The van der Waals surface area contributed by atoms with E-state index in [0.29, 0.717) is 22.9 Å². The zero-order chi connectivity index (χ0) is 20.4. The molecule has 148 valence electrons. The van der Waals surface area contributed by atoms with Crippen molar-refractivity contribution >= 4 is 35.1 Å². The van der Waals surface area contributed by atoms with Gasteiger partial charge in [0, 0.05) is 21.9 Å². The van der Waals surface area contributed by atoms with Crippen molar-refractivity contribution in [2.45, 2.75) is 44.7 Å². The number of carboxylic acids is 1. The number of piperidine rings is 1. The van der Waals surface area contributed by atoms with Gasteiger partial charge >= 0.3 is 5.97 Å². The molecule has 1 saturated heterocycles. The second-order valence-electron chi connectivity index (χ2n) is 7.30.